The Bertz CT molecular complexity index is 288. The zero-order chi connectivity index (χ0) is 10.6. The van der Waals surface area contributed by atoms with Gasteiger partial charge in [0, 0.05) is 12.6 Å². The summed E-state index contributed by atoms with van der Waals surface area (Å²) in [7, 11) is 0. The maximum Gasteiger partial charge on any atom is 0.261 e. The lowest BCUT2D eigenvalue weighted by atomic mass is 10.1. The molecule has 5 heteroatoms. The third-order valence-electron chi connectivity index (χ3n) is 2.10. The van der Waals surface area contributed by atoms with Crippen LogP contribution in [0.25, 0.3) is 0 Å². The highest BCUT2D eigenvalue weighted by Crippen LogP contribution is 2.07. The molecular formula is C10H17ClN2OS. The van der Waals surface area contributed by atoms with Gasteiger partial charge in [-0.2, -0.15) is 0 Å². The normalized spacial score (nSPS) is 12.0. The predicted octanol–water partition coefficient (Wildman–Crippen LogP) is 1.88. The Kier molecular flexibility index (Phi) is 6.56. The summed E-state index contributed by atoms with van der Waals surface area (Å²) in [6, 6.07) is 3.70. The first kappa shape index (κ1) is 14.4. The molecule has 0 radical (unpaired) electrons. The van der Waals surface area contributed by atoms with Crippen molar-refractivity contribution in [2.75, 3.05) is 6.54 Å². The second-order valence-corrected chi connectivity index (χ2v) is 4.54. The average molecular weight is 249 g/mol. The minimum Gasteiger partial charge on any atom is -0.350 e. The van der Waals surface area contributed by atoms with E-state index in [9.17, 15) is 4.79 Å². The van der Waals surface area contributed by atoms with Crippen molar-refractivity contribution in [3.63, 3.8) is 0 Å². The maximum absolute atomic E-state index is 11.5. The highest BCUT2D eigenvalue weighted by Gasteiger charge is 2.10. The number of rotatable bonds is 4. The first-order chi connectivity index (χ1) is 6.61. The topological polar surface area (TPSA) is 55.1 Å². The van der Waals surface area contributed by atoms with Gasteiger partial charge < -0.3 is 11.1 Å². The fourth-order valence-corrected chi connectivity index (χ4v) is 1.58. The van der Waals surface area contributed by atoms with Crippen LogP contribution in [-0.2, 0) is 0 Å². The van der Waals surface area contributed by atoms with Crippen LogP contribution in [0.2, 0.25) is 0 Å². The van der Waals surface area contributed by atoms with E-state index in [-0.39, 0.29) is 24.4 Å². The Hall–Kier alpha value is -0.580. The molecule has 3 nitrogen and oxygen atoms in total. The van der Waals surface area contributed by atoms with E-state index < -0.39 is 0 Å². The molecule has 0 bridgehead atoms. The van der Waals surface area contributed by atoms with Crippen molar-refractivity contribution in [3.05, 3.63) is 22.4 Å². The largest absolute Gasteiger partial charge is 0.350 e. The molecule has 0 fully saturated rings. The van der Waals surface area contributed by atoms with E-state index >= 15 is 0 Å². The molecule has 0 unspecified atom stereocenters. The number of nitrogens with two attached hydrogens (primary N) is 1. The summed E-state index contributed by atoms with van der Waals surface area (Å²) in [6.07, 6.45) is 0. The van der Waals surface area contributed by atoms with Gasteiger partial charge in [0.05, 0.1) is 4.88 Å². The van der Waals surface area contributed by atoms with Crippen molar-refractivity contribution in [3.8, 4) is 0 Å². The SMILES string of the molecule is CC(C)[C@H](N)CNC(=O)c1cccs1.Cl. The molecule has 3 N–H and O–H groups in total. The number of hydrogen-bond acceptors (Lipinski definition) is 3. The number of halogens is 1. The molecule has 1 rings (SSSR count). The minimum atomic E-state index is -0.0314. The van der Waals surface area contributed by atoms with Crippen LogP contribution in [0.5, 0.6) is 0 Å². The van der Waals surface area contributed by atoms with Gasteiger partial charge in [0.2, 0.25) is 0 Å². The van der Waals surface area contributed by atoms with Crippen LogP contribution in [0.15, 0.2) is 17.5 Å². The third kappa shape index (κ3) is 4.64. The quantitative estimate of drug-likeness (QED) is 0.855. The van der Waals surface area contributed by atoms with Crippen molar-refractivity contribution in [1.82, 2.24) is 5.32 Å². The molecule has 1 atom stereocenters. The minimum absolute atomic E-state index is 0. The number of amides is 1. The highest BCUT2D eigenvalue weighted by molar-refractivity contribution is 7.12. The van der Waals surface area contributed by atoms with Gasteiger partial charge in [-0.15, -0.1) is 23.7 Å². The van der Waals surface area contributed by atoms with E-state index in [1.165, 1.54) is 11.3 Å². The maximum atomic E-state index is 11.5. The van der Waals surface area contributed by atoms with Gasteiger partial charge in [0.1, 0.15) is 0 Å². The van der Waals surface area contributed by atoms with Crippen molar-refractivity contribution in [1.29, 1.82) is 0 Å². The molecule has 0 aliphatic rings. The molecule has 0 aromatic carbocycles. The summed E-state index contributed by atoms with van der Waals surface area (Å²) in [6.45, 7) is 4.62. The van der Waals surface area contributed by atoms with Gasteiger partial charge in [0.25, 0.3) is 5.91 Å². The lowest BCUT2D eigenvalue weighted by Gasteiger charge is -2.15. The van der Waals surface area contributed by atoms with E-state index in [2.05, 4.69) is 5.32 Å². The Morgan fingerprint density at radius 2 is 2.27 bits per heavy atom. The molecule has 0 saturated heterocycles. The van der Waals surface area contributed by atoms with Crippen molar-refractivity contribution in [2.45, 2.75) is 19.9 Å². The first-order valence-electron chi connectivity index (χ1n) is 4.68. The van der Waals surface area contributed by atoms with Gasteiger partial charge in [-0.05, 0) is 17.4 Å². The molecule has 15 heavy (non-hydrogen) atoms. The highest BCUT2D eigenvalue weighted by atomic mass is 35.5. The summed E-state index contributed by atoms with van der Waals surface area (Å²) < 4.78 is 0. The van der Waals surface area contributed by atoms with Crippen LogP contribution < -0.4 is 11.1 Å². The molecule has 0 aliphatic heterocycles. The van der Waals surface area contributed by atoms with Gasteiger partial charge in [-0.1, -0.05) is 19.9 Å². The molecule has 1 aromatic rings. The Labute approximate surface area is 100 Å². The Morgan fingerprint density at radius 3 is 2.73 bits per heavy atom. The van der Waals surface area contributed by atoms with E-state index in [0.29, 0.717) is 12.5 Å². The van der Waals surface area contributed by atoms with E-state index in [1.807, 2.05) is 25.3 Å². The Morgan fingerprint density at radius 1 is 1.60 bits per heavy atom. The van der Waals surface area contributed by atoms with Gasteiger partial charge >= 0.3 is 0 Å². The molecule has 0 saturated carbocycles. The molecule has 1 aromatic heterocycles. The smallest absolute Gasteiger partial charge is 0.261 e. The molecule has 86 valence electrons. The van der Waals surface area contributed by atoms with Crippen molar-refractivity contribution in [2.24, 2.45) is 11.7 Å². The zero-order valence-corrected chi connectivity index (χ0v) is 10.5. The molecule has 0 aliphatic carbocycles. The molecular weight excluding hydrogens is 232 g/mol. The van der Waals surface area contributed by atoms with Gasteiger partial charge in [0.15, 0.2) is 0 Å². The second-order valence-electron chi connectivity index (χ2n) is 3.60. The van der Waals surface area contributed by atoms with Crippen LogP contribution in [0.1, 0.15) is 23.5 Å². The number of nitrogens with one attached hydrogen (secondary N) is 1. The fourth-order valence-electron chi connectivity index (χ4n) is 0.941. The first-order valence-corrected chi connectivity index (χ1v) is 5.56. The standard InChI is InChI=1S/C10H16N2OS.ClH/c1-7(2)8(11)6-12-10(13)9-4-3-5-14-9;/h3-5,7-8H,6,11H2,1-2H3,(H,12,13);1H/t8-;/m1./s1. The number of carbonyl (C=O) groups is 1. The van der Waals surface area contributed by atoms with E-state index in [1.54, 1.807) is 6.07 Å². The number of thiophene rings is 1. The zero-order valence-electron chi connectivity index (χ0n) is 8.90. The van der Waals surface area contributed by atoms with E-state index in [4.69, 9.17) is 5.73 Å². The molecule has 1 amide bonds. The summed E-state index contributed by atoms with van der Waals surface area (Å²) >= 11 is 1.44. The van der Waals surface area contributed by atoms with E-state index in [0.717, 1.165) is 4.88 Å². The van der Waals surface area contributed by atoms with Crippen LogP contribution in [-0.4, -0.2) is 18.5 Å². The summed E-state index contributed by atoms with van der Waals surface area (Å²) in [5.41, 5.74) is 5.81. The monoisotopic (exact) mass is 248 g/mol. The van der Waals surface area contributed by atoms with Gasteiger partial charge in [-0.25, -0.2) is 0 Å². The predicted molar refractivity (Wildman–Crippen MR) is 66.7 cm³/mol. The van der Waals surface area contributed by atoms with Crippen LogP contribution in [0, 0.1) is 5.92 Å². The summed E-state index contributed by atoms with van der Waals surface area (Å²) in [4.78, 5) is 12.2. The second kappa shape index (κ2) is 6.82. The molecule has 0 spiro atoms. The summed E-state index contributed by atoms with van der Waals surface area (Å²) in [5.74, 6) is 0.356. The number of hydrogen-bond donors (Lipinski definition) is 2. The van der Waals surface area contributed by atoms with Crippen LogP contribution in [0.4, 0.5) is 0 Å². The van der Waals surface area contributed by atoms with Gasteiger partial charge in [-0.3, -0.25) is 4.79 Å². The average Bonchev–Trinajstić information content (AvgIpc) is 2.66. The fraction of sp³-hybridized carbons (Fsp3) is 0.500. The van der Waals surface area contributed by atoms with Crippen molar-refractivity contribution < 1.29 is 4.79 Å². The lowest BCUT2D eigenvalue weighted by Crippen LogP contribution is -2.40. The Balaban J connectivity index is 0.00000196. The number of carbonyl (C=O) groups excluding carboxylic acids is 1. The third-order valence-corrected chi connectivity index (χ3v) is 2.97. The lowest BCUT2D eigenvalue weighted by molar-refractivity contribution is 0.0953. The van der Waals surface area contributed by atoms with Crippen LogP contribution in [0.3, 0.4) is 0 Å². The molecule has 1 heterocycles. The summed E-state index contributed by atoms with van der Waals surface area (Å²) in [5, 5.41) is 4.70. The van der Waals surface area contributed by atoms with Crippen molar-refractivity contribution >= 4 is 29.7 Å². The van der Waals surface area contributed by atoms with Crippen LogP contribution >= 0.6 is 23.7 Å².